The lowest BCUT2D eigenvalue weighted by atomic mass is 9.82. The van der Waals surface area contributed by atoms with E-state index in [-0.39, 0.29) is 36.5 Å². The van der Waals surface area contributed by atoms with Crippen LogP contribution in [0.15, 0.2) is 18.2 Å². The van der Waals surface area contributed by atoms with Crippen LogP contribution in [0.5, 0.6) is 0 Å². The van der Waals surface area contributed by atoms with Crippen LogP contribution in [0.4, 0.5) is 13.2 Å². The van der Waals surface area contributed by atoms with Crippen LogP contribution in [0.2, 0.25) is 0 Å². The number of Topliss-reactive ketones (excluding diaryl/α,β-unsaturated/α-hetero) is 1. The first-order chi connectivity index (χ1) is 8.89. The second-order valence-corrected chi connectivity index (χ2v) is 5.38. The molecular formula is C15H17F3O. The van der Waals surface area contributed by atoms with E-state index in [0.717, 1.165) is 0 Å². The predicted molar refractivity (Wildman–Crippen MR) is 67.0 cm³/mol. The van der Waals surface area contributed by atoms with Crippen molar-refractivity contribution >= 4 is 5.78 Å². The van der Waals surface area contributed by atoms with Crippen LogP contribution < -0.4 is 0 Å². The Hall–Kier alpha value is -1.32. The van der Waals surface area contributed by atoms with Crippen molar-refractivity contribution in [2.45, 2.75) is 45.0 Å². The average molecular weight is 270 g/mol. The molecule has 4 heteroatoms. The van der Waals surface area contributed by atoms with Gasteiger partial charge >= 0.3 is 0 Å². The first-order valence-corrected chi connectivity index (χ1v) is 6.55. The Bertz CT molecular complexity index is 482. The average Bonchev–Trinajstić information content (AvgIpc) is 2.31. The Morgan fingerprint density at radius 3 is 2.84 bits per heavy atom. The SMILES string of the molecule is Cc1cccc(C(=O)CC2CCCC(F)(F)C2)c1F. The molecule has 0 heterocycles. The molecule has 104 valence electrons. The zero-order valence-corrected chi connectivity index (χ0v) is 10.9. The Balaban J connectivity index is 2.07. The van der Waals surface area contributed by atoms with Gasteiger partial charge in [-0.2, -0.15) is 0 Å². The molecule has 1 aromatic carbocycles. The van der Waals surface area contributed by atoms with Crippen LogP contribution in [0.25, 0.3) is 0 Å². The fourth-order valence-corrected chi connectivity index (χ4v) is 2.68. The molecule has 0 amide bonds. The highest BCUT2D eigenvalue weighted by Crippen LogP contribution is 2.38. The van der Waals surface area contributed by atoms with Gasteiger partial charge in [-0.1, -0.05) is 12.1 Å². The summed E-state index contributed by atoms with van der Waals surface area (Å²) in [5, 5.41) is 0. The van der Waals surface area contributed by atoms with Gasteiger partial charge in [0.2, 0.25) is 5.92 Å². The lowest BCUT2D eigenvalue weighted by Crippen LogP contribution is -2.27. The topological polar surface area (TPSA) is 17.1 Å². The molecule has 0 N–H and O–H groups in total. The molecule has 2 rings (SSSR count). The van der Waals surface area contributed by atoms with Gasteiger partial charge in [-0.05, 0) is 37.3 Å². The molecule has 0 aliphatic heterocycles. The predicted octanol–water partition coefficient (Wildman–Crippen LogP) is 4.53. The molecule has 0 bridgehead atoms. The van der Waals surface area contributed by atoms with Gasteiger partial charge in [0.15, 0.2) is 5.78 Å². The largest absolute Gasteiger partial charge is 0.294 e. The van der Waals surface area contributed by atoms with Crippen molar-refractivity contribution in [1.82, 2.24) is 0 Å². The van der Waals surface area contributed by atoms with Gasteiger partial charge in [0.05, 0.1) is 5.56 Å². The van der Waals surface area contributed by atoms with Gasteiger partial charge in [-0.25, -0.2) is 13.2 Å². The minimum Gasteiger partial charge on any atom is -0.294 e. The number of ketones is 1. The van der Waals surface area contributed by atoms with Gasteiger partial charge in [0, 0.05) is 19.3 Å². The molecule has 1 aliphatic carbocycles. The second kappa shape index (κ2) is 5.35. The van der Waals surface area contributed by atoms with E-state index in [1.54, 1.807) is 19.1 Å². The number of carbonyl (C=O) groups excluding carboxylic acids is 1. The number of aryl methyl sites for hydroxylation is 1. The highest BCUT2D eigenvalue weighted by Gasteiger charge is 2.37. The van der Waals surface area contributed by atoms with E-state index >= 15 is 0 Å². The molecular weight excluding hydrogens is 253 g/mol. The fourth-order valence-electron chi connectivity index (χ4n) is 2.68. The van der Waals surface area contributed by atoms with Crippen LogP contribution in [0, 0.1) is 18.7 Å². The molecule has 0 spiro atoms. The molecule has 1 atom stereocenters. The third kappa shape index (κ3) is 3.37. The van der Waals surface area contributed by atoms with Gasteiger partial charge in [0.25, 0.3) is 0 Å². The number of hydrogen-bond donors (Lipinski definition) is 0. The Labute approximate surface area is 110 Å². The van der Waals surface area contributed by atoms with Crippen LogP contribution in [-0.2, 0) is 0 Å². The molecule has 1 nitrogen and oxygen atoms in total. The molecule has 0 saturated heterocycles. The highest BCUT2D eigenvalue weighted by atomic mass is 19.3. The number of hydrogen-bond acceptors (Lipinski definition) is 1. The standard InChI is InChI=1S/C15H17F3O/c1-10-4-2-6-12(14(10)16)13(19)8-11-5-3-7-15(17,18)9-11/h2,4,6,11H,3,5,7-9H2,1H3. The summed E-state index contributed by atoms with van der Waals surface area (Å²) in [6.45, 7) is 1.58. The lowest BCUT2D eigenvalue weighted by molar-refractivity contribution is -0.0521. The number of benzene rings is 1. The summed E-state index contributed by atoms with van der Waals surface area (Å²) in [6.07, 6.45) is 0.703. The monoisotopic (exact) mass is 270 g/mol. The summed E-state index contributed by atoms with van der Waals surface area (Å²) >= 11 is 0. The summed E-state index contributed by atoms with van der Waals surface area (Å²) in [7, 11) is 0. The van der Waals surface area contributed by atoms with E-state index in [0.29, 0.717) is 18.4 Å². The summed E-state index contributed by atoms with van der Waals surface area (Å²) in [6, 6.07) is 4.62. The molecule has 1 aliphatic rings. The quantitative estimate of drug-likeness (QED) is 0.737. The summed E-state index contributed by atoms with van der Waals surface area (Å²) in [5.41, 5.74) is 0.425. The third-order valence-corrected chi connectivity index (χ3v) is 3.71. The van der Waals surface area contributed by atoms with Crippen molar-refractivity contribution in [3.05, 3.63) is 35.1 Å². The van der Waals surface area contributed by atoms with Gasteiger partial charge < -0.3 is 0 Å². The molecule has 0 aromatic heterocycles. The highest BCUT2D eigenvalue weighted by molar-refractivity contribution is 5.96. The molecule has 1 unspecified atom stereocenters. The number of halogens is 3. The zero-order chi connectivity index (χ0) is 14.0. The van der Waals surface area contributed by atoms with Gasteiger partial charge in [-0.3, -0.25) is 4.79 Å². The maximum atomic E-state index is 13.8. The van der Waals surface area contributed by atoms with Crippen molar-refractivity contribution < 1.29 is 18.0 Å². The van der Waals surface area contributed by atoms with E-state index in [2.05, 4.69) is 0 Å². The van der Waals surface area contributed by atoms with Crippen molar-refractivity contribution in [2.24, 2.45) is 5.92 Å². The first-order valence-electron chi connectivity index (χ1n) is 6.55. The maximum absolute atomic E-state index is 13.8. The lowest BCUT2D eigenvalue weighted by Gasteiger charge is -2.28. The minimum absolute atomic E-state index is 0.00988. The van der Waals surface area contributed by atoms with Crippen LogP contribution in [0.3, 0.4) is 0 Å². The van der Waals surface area contributed by atoms with Crippen LogP contribution >= 0.6 is 0 Å². The molecule has 1 aromatic rings. The van der Waals surface area contributed by atoms with E-state index in [4.69, 9.17) is 0 Å². The first kappa shape index (κ1) is 14.1. The van der Waals surface area contributed by atoms with Crippen LogP contribution in [0.1, 0.15) is 48.0 Å². The molecule has 1 saturated carbocycles. The summed E-state index contributed by atoms with van der Waals surface area (Å²) in [5.74, 6) is -3.91. The maximum Gasteiger partial charge on any atom is 0.248 e. The molecule has 1 fully saturated rings. The van der Waals surface area contributed by atoms with Crippen molar-refractivity contribution in [3.63, 3.8) is 0 Å². The number of alkyl halides is 2. The Kier molecular flexibility index (Phi) is 3.97. The molecule has 19 heavy (non-hydrogen) atoms. The van der Waals surface area contributed by atoms with Crippen molar-refractivity contribution in [1.29, 1.82) is 0 Å². The Morgan fingerprint density at radius 2 is 2.16 bits per heavy atom. The second-order valence-electron chi connectivity index (χ2n) is 5.38. The van der Waals surface area contributed by atoms with E-state index in [1.165, 1.54) is 6.07 Å². The van der Waals surface area contributed by atoms with Crippen molar-refractivity contribution in [3.8, 4) is 0 Å². The zero-order valence-electron chi connectivity index (χ0n) is 10.9. The van der Waals surface area contributed by atoms with E-state index in [9.17, 15) is 18.0 Å². The number of rotatable bonds is 3. The van der Waals surface area contributed by atoms with Crippen LogP contribution in [-0.4, -0.2) is 11.7 Å². The van der Waals surface area contributed by atoms with Gasteiger partial charge in [-0.15, -0.1) is 0 Å². The van der Waals surface area contributed by atoms with Gasteiger partial charge in [0.1, 0.15) is 5.82 Å². The van der Waals surface area contributed by atoms with E-state index < -0.39 is 11.7 Å². The summed E-state index contributed by atoms with van der Waals surface area (Å²) in [4.78, 5) is 12.0. The van der Waals surface area contributed by atoms with Crippen molar-refractivity contribution in [2.75, 3.05) is 0 Å². The Morgan fingerprint density at radius 1 is 1.42 bits per heavy atom. The summed E-state index contributed by atoms with van der Waals surface area (Å²) < 4.78 is 40.3. The third-order valence-electron chi connectivity index (χ3n) is 3.71. The molecule has 0 radical (unpaired) electrons. The normalized spacial score (nSPS) is 22.2. The van der Waals surface area contributed by atoms with E-state index in [1.807, 2.05) is 0 Å². The number of carbonyl (C=O) groups is 1. The smallest absolute Gasteiger partial charge is 0.248 e. The fraction of sp³-hybridized carbons (Fsp3) is 0.533. The minimum atomic E-state index is -2.67.